The van der Waals surface area contributed by atoms with E-state index >= 15 is 0 Å². The predicted octanol–water partition coefficient (Wildman–Crippen LogP) is 1.51. The Kier molecular flexibility index (Phi) is 6.07. The molecule has 0 aliphatic rings. The van der Waals surface area contributed by atoms with Crippen molar-refractivity contribution in [1.82, 2.24) is 0 Å². The number of nitrogens with zero attached hydrogens (tertiary/aromatic N) is 1. The third-order valence-corrected chi connectivity index (χ3v) is 2.05. The van der Waals surface area contributed by atoms with E-state index in [1.165, 1.54) is 21.3 Å². The first-order valence-corrected chi connectivity index (χ1v) is 4.35. The van der Waals surface area contributed by atoms with Gasteiger partial charge in [-0.25, -0.2) is 0 Å². The van der Waals surface area contributed by atoms with Crippen LogP contribution in [0.3, 0.4) is 0 Å². The fraction of sp³-hybridized carbons (Fsp3) is 0.400. The quantitative estimate of drug-likeness (QED) is 0.552. The van der Waals surface area contributed by atoms with Crippen molar-refractivity contribution in [3.63, 3.8) is 0 Å². The first-order chi connectivity index (χ1) is 6.76. The molecule has 1 N–H and O–H groups in total. The molecule has 15 heavy (non-hydrogen) atoms. The predicted molar refractivity (Wildman–Crippen MR) is 53.4 cm³/mol. The van der Waals surface area contributed by atoms with Crippen LogP contribution < -0.4 is 0 Å². The highest BCUT2D eigenvalue weighted by molar-refractivity contribution is 5.13. The summed E-state index contributed by atoms with van der Waals surface area (Å²) in [6, 6.07) is 9.87. The lowest BCUT2D eigenvalue weighted by molar-refractivity contribution is -1.37. The highest BCUT2D eigenvalue weighted by Crippen LogP contribution is 2.14. The molecule has 0 aliphatic carbocycles. The first kappa shape index (κ1) is 14.0. The van der Waals surface area contributed by atoms with Crippen molar-refractivity contribution in [1.29, 1.82) is 0 Å². The molecular weight excluding hydrogens is 198 g/mol. The number of hydroxylamine groups is 3. The molecule has 1 aromatic rings. The van der Waals surface area contributed by atoms with Crippen molar-refractivity contribution in [2.45, 2.75) is 6.54 Å². The van der Waals surface area contributed by atoms with Crippen molar-refractivity contribution in [2.75, 3.05) is 21.3 Å². The number of hydrogen-bond acceptors (Lipinski definition) is 4. The summed E-state index contributed by atoms with van der Waals surface area (Å²) in [4.78, 5) is 15.1. The molecule has 1 aromatic carbocycles. The maximum Gasteiger partial charge on any atom is 0.203 e. The van der Waals surface area contributed by atoms with Crippen LogP contribution in [0.5, 0.6) is 0 Å². The van der Waals surface area contributed by atoms with Crippen LogP contribution in [0, 0.1) is 0 Å². The third-order valence-electron chi connectivity index (χ3n) is 2.05. The minimum Gasteiger partial charge on any atom is -0.870 e. The number of hydrogen-bond donors (Lipinski definition) is 0. The molecule has 1 rings (SSSR count). The fourth-order valence-electron chi connectivity index (χ4n) is 1.22. The van der Waals surface area contributed by atoms with E-state index in [2.05, 4.69) is 0 Å². The van der Waals surface area contributed by atoms with Crippen LogP contribution in [0.15, 0.2) is 30.3 Å². The van der Waals surface area contributed by atoms with E-state index in [-0.39, 0.29) is 10.4 Å². The minimum absolute atomic E-state index is 0. The van der Waals surface area contributed by atoms with E-state index in [1.54, 1.807) is 0 Å². The van der Waals surface area contributed by atoms with E-state index in [0.717, 1.165) is 5.56 Å². The van der Waals surface area contributed by atoms with Crippen LogP contribution in [0.4, 0.5) is 0 Å². The van der Waals surface area contributed by atoms with E-state index in [1.807, 2.05) is 30.3 Å². The summed E-state index contributed by atoms with van der Waals surface area (Å²) in [6.45, 7) is 0.504. The van der Waals surface area contributed by atoms with Gasteiger partial charge in [0.2, 0.25) is 6.54 Å². The van der Waals surface area contributed by atoms with Crippen LogP contribution in [-0.4, -0.2) is 31.8 Å². The molecular formula is C10H17NO4. The molecule has 0 saturated carbocycles. The van der Waals surface area contributed by atoms with Gasteiger partial charge in [-0.3, -0.25) is 0 Å². The van der Waals surface area contributed by atoms with Crippen LogP contribution in [0.25, 0.3) is 0 Å². The Morgan fingerprint density at radius 2 is 1.40 bits per heavy atom. The Balaban J connectivity index is 0.00000196. The van der Waals surface area contributed by atoms with Gasteiger partial charge in [-0.2, -0.15) is 0 Å². The van der Waals surface area contributed by atoms with Gasteiger partial charge in [-0.05, 0) is 0 Å². The Labute approximate surface area is 89.5 Å². The van der Waals surface area contributed by atoms with Gasteiger partial charge >= 0.3 is 0 Å². The molecule has 0 unspecified atom stereocenters. The standard InChI is InChI=1S/C10H16NO3.H2O/c1-12-11(13-2,14-3)9-10-7-5-4-6-8-10;/h4-8H,9H2,1-3H3;1H2/q+1;/p-1. The summed E-state index contributed by atoms with van der Waals surface area (Å²) >= 11 is 0. The molecule has 0 aromatic heterocycles. The van der Waals surface area contributed by atoms with E-state index in [4.69, 9.17) is 14.5 Å². The van der Waals surface area contributed by atoms with Crippen molar-refractivity contribution in [3.8, 4) is 0 Å². The number of quaternary nitrogens is 1. The lowest BCUT2D eigenvalue weighted by Gasteiger charge is -2.24. The van der Waals surface area contributed by atoms with Crippen LogP contribution in [0.1, 0.15) is 5.56 Å². The Morgan fingerprint density at radius 3 is 1.80 bits per heavy atom. The van der Waals surface area contributed by atoms with Crippen molar-refractivity contribution >= 4 is 0 Å². The zero-order chi connectivity index (χ0) is 10.4. The van der Waals surface area contributed by atoms with Gasteiger partial charge in [0.25, 0.3) is 0 Å². The van der Waals surface area contributed by atoms with Gasteiger partial charge in [-0.1, -0.05) is 30.3 Å². The van der Waals surface area contributed by atoms with E-state index in [9.17, 15) is 0 Å². The van der Waals surface area contributed by atoms with Crippen molar-refractivity contribution in [2.24, 2.45) is 0 Å². The fourth-order valence-corrected chi connectivity index (χ4v) is 1.22. The van der Waals surface area contributed by atoms with Crippen molar-refractivity contribution < 1.29 is 25.0 Å². The van der Waals surface area contributed by atoms with E-state index < -0.39 is 0 Å². The molecule has 0 saturated heterocycles. The number of benzene rings is 1. The summed E-state index contributed by atoms with van der Waals surface area (Å²) < 4.78 is 0. The van der Waals surface area contributed by atoms with Gasteiger partial charge in [0.15, 0.2) is 0 Å². The Hall–Kier alpha value is -0.980. The summed E-state index contributed by atoms with van der Waals surface area (Å²) in [5.74, 6) is 0. The van der Waals surface area contributed by atoms with Gasteiger partial charge in [0.05, 0.1) is 4.97 Å². The molecule has 5 heteroatoms. The average Bonchev–Trinajstić information content (AvgIpc) is 2.28. The second kappa shape index (κ2) is 6.49. The largest absolute Gasteiger partial charge is 0.870 e. The maximum atomic E-state index is 5.13. The van der Waals surface area contributed by atoms with Crippen LogP contribution >= 0.6 is 0 Å². The topological polar surface area (TPSA) is 57.7 Å². The second-order valence-electron chi connectivity index (χ2n) is 2.80. The highest BCUT2D eigenvalue weighted by atomic mass is 17.2. The smallest absolute Gasteiger partial charge is 0.203 e. The average molecular weight is 215 g/mol. The summed E-state index contributed by atoms with van der Waals surface area (Å²) in [5, 5.41) is 0. The van der Waals surface area contributed by atoms with Crippen molar-refractivity contribution in [3.05, 3.63) is 35.9 Å². The molecule has 0 bridgehead atoms. The van der Waals surface area contributed by atoms with E-state index in [0.29, 0.717) is 6.54 Å². The molecule has 0 aliphatic heterocycles. The minimum atomic E-state index is -0.302. The summed E-state index contributed by atoms with van der Waals surface area (Å²) in [7, 11) is 4.61. The Bertz CT molecular complexity index is 253. The number of rotatable bonds is 5. The molecule has 86 valence electrons. The molecule has 5 nitrogen and oxygen atoms in total. The second-order valence-corrected chi connectivity index (χ2v) is 2.80. The first-order valence-electron chi connectivity index (χ1n) is 4.35. The molecule has 0 radical (unpaired) electrons. The third kappa shape index (κ3) is 3.58. The molecule has 0 amide bonds. The van der Waals surface area contributed by atoms with Gasteiger partial charge in [-0.15, -0.1) is 14.5 Å². The zero-order valence-electron chi connectivity index (χ0n) is 9.21. The van der Waals surface area contributed by atoms with Crippen LogP contribution in [0.2, 0.25) is 0 Å². The Morgan fingerprint density at radius 1 is 0.933 bits per heavy atom. The molecule has 0 heterocycles. The van der Waals surface area contributed by atoms with Gasteiger partial charge in [0, 0.05) is 5.56 Å². The lowest BCUT2D eigenvalue weighted by Crippen LogP contribution is -2.43. The summed E-state index contributed by atoms with van der Waals surface area (Å²) in [5.41, 5.74) is 1.08. The van der Waals surface area contributed by atoms with Gasteiger partial charge in [0.1, 0.15) is 21.3 Å². The lowest BCUT2D eigenvalue weighted by atomic mass is 10.2. The molecule has 0 atom stereocenters. The highest BCUT2D eigenvalue weighted by Gasteiger charge is 2.30. The molecule has 0 fully saturated rings. The summed E-state index contributed by atoms with van der Waals surface area (Å²) in [6.07, 6.45) is 0. The van der Waals surface area contributed by atoms with Gasteiger partial charge < -0.3 is 5.48 Å². The monoisotopic (exact) mass is 215 g/mol. The normalized spacial score (nSPS) is 10.9. The molecule has 0 spiro atoms. The SMILES string of the molecule is CO[N+](Cc1ccccc1)(OC)OC.[OH-]. The maximum absolute atomic E-state index is 5.13. The zero-order valence-corrected chi connectivity index (χ0v) is 9.21. The van der Waals surface area contributed by atoms with Crippen LogP contribution in [-0.2, 0) is 21.1 Å².